The third-order valence-electron chi connectivity index (χ3n) is 8.06. The van der Waals surface area contributed by atoms with E-state index in [-0.39, 0.29) is 18.2 Å². The van der Waals surface area contributed by atoms with Gasteiger partial charge in [0.1, 0.15) is 10.9 Å². The minimum atomic E-state index is -4.46. The van der Waals surface area contributed by atoms with Crippen LogP contribution in [-0.4, -0.2) is 36.6 Å². The van der Waals surface area contributed by atoms with Crippen LogP contribution in [0.5, 0.6) is 0 Å². The molecule has 44 heavy (non-hydrogen) atoms. The number of rotatable bonds is 11. The van der Waals surface area contributed by atoms with Crippen molar-refractivity contribution < 1.29 is 27.2 Å². The third kappa shape index (κ3) is 8.31. The van der Waals surface area contributed by atoms with Crippen molar-refractivity contribution >= 4 is 31.7 Å². The lowest BCUT2D eigenvalue weighted by Gasteiger charge is -2.54. The first-order chi connectivity index (χ1) is 20.5. The van der Waals surface area contributed by atoms with Crippen LogP contribution < -0.4 is 10.6 Å². The number of hydrogen-bond acceptors (Lipinski definition) is 3. The molecule has 1 saturated carbocycles. The van der Waals surface area contributed by atoms with Crippen molar-refractivity contribution in [1.29, 1.82) is 0 Å². The van der Waals surface area contributed by atoms with Gasteiger partial charge in [-0.15, -0.1) is 11.6 Å². The second-order valence-corrected chi connectivity index (χ2v) is 18.0. The fraction of sp³-hybridized carbons (Fsp3) is 0.412. The molecular weight excluding hydrogens is 605 g/mol. The van der Waals surface area contributed by atoms with E-state index in [2.05, 4.69) is 30.3 Å². The molecule has 3 aromatic rings. The van der Waals surface area contributed by atoms with Gasteiger partial charge >= 0.3 is 6.18 Å². The van der Waals surface area contributed by atoms with Crippen LogP contribution in [0.1, 0.15) is 55.0 Å². The van der Waals surface area contributed by atoms with Crippen LogP contribution in [-0.2, 0) is 26.6 Å². The number of benzene rings is 3. The largest absolute Gasteiger partial charge is 0.416 e. The predicted octanol–water partition coefficient (Wildman–Crippen LogP) is 7.66. The molecule has 1 aliphatic rings. The quantitative estimate of drug-likeness (QED) is 0.166. The van der Waals surface area contributed by atoms with Crippen molar-refractivity contribution in [3.63, 3.8) is 0 Å². The molecular formula is C34H40ClF3N2O3Si. The average molecular weight is 645 g/mol. The van der Waals surface area contributed by atoms with Gasteiger partial charge in [0.25, 0.3) is 0 Å². The van der Waals surface area contributed by atoms with Crippen LogP contribution >= 0.6 is 11.6 Å². The molecule has 10 heteroatoms. The Morgan fingerprint density at radius 2 is 1.41 bits per heavy atom. The van der Waals surface area contributed by atoms with Gasteiger partial charge in [0, 0.05) is 0 Å². The van der Waals surface area contributed by atoms with Crippen molar-refractivity contribution in [3.8, 4) is 0 Å². The van der Waals surface area contributed by atoms with E-state index in [0.717, 1.165) is 23.3 Å². The number of halogens is 4. The van der Waals surface area contributed by atoms with Gasteiger partial charge in [-0.2, -0.15) is 13.2 Å². The maximum absolute atomic E-state index is 14.2. The van der Waals surface area contributed by atoms with Crippen LogP contribution in [0.15, 0.2) is 84.9 Å². The molecule has 0 spiro atoms. The van der Waals surface area contributed by atoms with Crippen LogP contribution in [0.4, 0.5) is 13.2 Å². The molecule has 1 aliphatic carbocycles. The van der Waals surface area contributed by atoms with Crippen molar-refractivity contribution in [2.75, 3.05) is 0 Å². The lowest BCUT2D eigenvalue weighted by molar-refractivity contribution is -0.145. The van der Waals surface area contributed by atoms with Crippen LogP contribution in [0.25, 0.3) is 0 Å². The standard InChI is InChI=1S/C34H40ClF3N2O3Si/c1-32(2,43-44(3,4)5)27-21-33(22-27,40-30(41)28(35)20-23-16-18-26(19-17-23)34(36,37)38)31(42)39-29(24-12-8-6-9-13-24)25-14-10-7-11-15-25/h6-19,27-29H,20-22H2,1-5H3,(H,39,42)(H,40,41). The first kappa shape index (κ1) is 33.7. The highest BCUT2D eigenvalue weighted by atomic mass is 35.5. The molecule has 3 aromatic carbocycles. The summed E-state index contributed by atoms with van der Waals surface area (Å²) in [5, 5.41) is 5.05. The second kappa shape index (κ2) is 13.1. The summed E-state index contributed by atoms with van der Waals surface area (Å²) >= 11 is 6.51. The molecule has 0 bridgehead atoms. The molecule has 0 aromatic heterocycles. The van der Waals surface area contributed by atoms with Crippen LogP contribution in [0.2, 0.25) is 19.6 Å². The number of nitrogens with one attached hydrogen (secondary N) is 2. The first-order valence-electron chi connectivity index (χ1n) is 14.7. The third-order valence-corrected chi connectivity index (χ3v) is 9.55. The van der Waals surface area contributed by atoms with E-state index in [0.29, 0.717) is 18.4 Å². The average Bonchev–Trinajstić information content (AvgIpc) is 2.92. The van der Waals surface area contributed by atoms with E-state index in [1.165, 1.54) is 12.1 Å². The van der Waals surface area contributed by atoms with Crippen molar-refractivity contribution in [3.05, 3.63) is 107 Å². The molecule has 0 radical (unpaired) electrons. The molecule has 0 heterocycles. The van der Waals surface area contributed by atoms with Crippen LogP contribution in [0.3, 0.4) is 0 Å². The summed E-state index contributed by atoms with van der Waals surface area (Å²) in [6, 6.07) is 23.3. The van der Waals surface area contributed by atoms with Gasteiger partial charge in [-0.05, 0) is 87.5 Å². The summed E-state index contributed by atoms with van der Waals surface area (Å²) in [4.78, 5) is 27.7. The minimum Gasteiger partial charge on any atom is -0.412 e. The summed E-state index contributed by atoms with van der Waals surface area (Å²) in [6.45, 7) is 10.4. The number of carbonyl (C=O) groups excluding carboxylic acids is 2. The van der Waals surface area contributed by atoms with Gasteiger partial charge in [-0.3, -0.25) is 9.59 Å². The topological polar surface area (TPSA) is 67.4 Å². The molecule has 1 fully saturated rings. The highest BCUT2D eigenvalue weighted by Gasteiger charge is 2.57. The van der Waals surface area contributed by atoms with Gasteiger partial charge in [-0.1, -0.05) is 72.8 Å². The summed E-state index contributed by atoms with van der Waals surface area (Å²) in [5.74, 6) is -0.891. The van der Waals surface area contributed by atoms with Gasteiger partial charge in [0.2, 0.25) is 11.8 Å². The molecule has 236 valence electrons. The Labute approximate surface area is 263 Å². The lowest BCUT2D eigenvalue weighted by Crippen LogP contribution is -2.70. The molecule has 0 saturated heterocycles. The Hall–Kier alpha value is -3.14. The monoisotopic (exact) mass is 644 g/mol. The van der Waals surface area contributed by atoms with E-state index in [1.54, 1.807) is 0 Å². The molecule has 1 unspecified atom stereocenters. The Morgan fingerprint density at radius 3 is 1.86 bits per heavy atom. The highest BCUT2D eigenvalue weighted by molar-refractivity contribution is 6.69. The van der Waals surface area contributed by atoms with Gasteiger partial charge in [0.05, 0.1) is 17.2 Å². The Kier molecular flexibility index (Phi) is 10.0. The number of carbonyl (C=O) groups is 2. The zero-order chi connectivity index (χ0) is 32.3. The fourth-order valence-electron chi connectivity index (χ4n) is 5.85. The second-order valence-electron chi connectivity index (χ2n) is 13.1. The summed E-state index contributed by atoms with van der Waals surface area (Å²) in [7, 11) is -1.91. The molecule has 4 rings (SSSR count). The number of hydrogen-bond donors (Lipinski definition) is 2. The van der Waals surface area contributed by atoms with Crippen molar-refractivity contribution in [1.82, 2.24) is 10.6 Å². The predicted molar refractivity (Wildman–Crippen MR) is 170 cm³/mol. The highest BCUT2D eigenvalue weighted by Crippen LogP contribution is 2.47. The van der Waals surface area contributed by atoms with Gasteiger partial charge < -0.3 is 15.1 Å². The van der Waals surface area contributed by atoms with Crippen molar-refractivity contribution in [2.45, 2.75) is 81.5 Å². The van der Waals surface area contributed by atoms with E-state index in [4.69, 9.17) is 16.0 Å². The molecule has 1 atom stereocenters. The summed E-state index contributed by atoms with van der Waals surface area (Å²) < 4.78 is 45.5. The van der Waals surface area contributed by atoms with Gasteiger partial charge in [-0.25, -0.2) is 0 Å². The maximum atomic E-state index is 14.2. The summed E-state index contributed by atoms with van der Waals surface area (Å²) in [6.07, 6.45) is -3.75. The maximum Gasteiger partial charge on any atom is 0.416 e. The SMILES string of the molecule is CC(C)(O[Si](C)(C)C)C1CC(NC(=O)C(Cl)Cc2ccc(C(F)(F)F)cc2)(C(=O)NC(c2ccccc2)c2ccccc2)C1. The first-order valence-corrected chi connectivity index (χ1v) is 18.6. The van der Waals surface area contributed by atoms with Crippen molar-refractivity contribution in [2.24, 2.45) is 5.92 Å². The van der Waals surface area contributed by atoms with E-state index in [1.807, 2.05) is 74.5 Å². The van der Waals surface area contributed by atoms with Gasteiger partial charge in [0.15, 0.2) is 8.32 Å². The smallest absolute Gasteiger partial charge is 0.412 e. The molecule has 2 amide bonds. The summed E-state index contributed by atoms with van der Waals surface area (Å²) in [5.41, 5.74) is -0.262. The van der Waals surface area contributed by atoms with Crippen LogP contribution in [0, 0.1) is 5.92 Å². The molecule has 2 N–H and O–H groups in total. The van der Waals surface area contributed by atoms with E-state index in [9.17, 15) is 22.8 Å². The zero-order valence-electron chi connectivity index (χ0n) is 25.7. The fourth-order valence-corrected chi connectivity index (χ4v) is 7.83. The Morgan fingerprint density at radius 1 is 0.909 bits per heavy atom. The lowest BCUT2D eigenvalue weighted by atomic mass is 9.61. The Balaban J connectivity index is 1.57. The van der Waals surface area contributed by atoms with E-state index < -0.39 is 48.5 Å². The number of amides is 2. The number of alkyl halides is 4. The van der Waals surface area contributed by atoms with E-state index >= 15 is 0 Å². The zero-order valence-corrected chi connectivity index (χ0v) is 27.4. The molecule has 5 nitrogen and oxygen atoms in total. The minimum absolute atomic E-state index is 0.00383. The Bertz CT molecular complexity index is 1380. The molecule has 0 aliphatic heterocycles. The normalized spacial score (nSPS) is 19.6.